The molecule has 0 radical (unpaired) electrons. The van der Waals surface area contributed by atoms with Gasteiger partial charge in [0.15, 0.2) is 0 Å². The first kappa shape index (κ1) is 15.3. The van der Waals surface area contributed by atoms with Gasteiger partial charge in [0.25, 0.3) is 11.6 Å². The Balaban J connectivity index is 2.17. The molecule has 1 N–H and O–H groups in total. The SMILES string of the molecule is Cn1cc(CNC(=O)c2cc(Cl)c(Cl)c([N+](=O)[O-])c2)cn1. The molecule has 0 saturated carbocycles. The van der Waals surface area contributed by atoms with Crippen molar-refractivity contribution in [3.8, 4) is 0 Å². The van der Waals surface area contributed by atoms with Crippen LogP contribution in [0.3, 0.4) is 0 Å². The number of nitro groups is 1. The maximum atomic E-state index is 12.0. The largest absolute Gasteiger partial charge is 0.348 e. The van der Waals surface area contributed by atoms with Crippen molar-refractivity contribution in [2.75, 3.05) is 0 Å². The first-order valence-corrected chi connectivity index (χ1v) is 6.53. The van der Waals surface area contributed by atoms with Crippen molar-refractivity contribution < 1.29 is 9.72 Å². The Morgan fingerprint density at radius 2 is 2.19 bits per heavy atom. The van der Waals surface area contributed by atoms with E-state index in [0.717, 1.165) is 11.6 Å². The summed E-state index contributed by atoms with van der Waals surface area (Å²) in [6.45, 7) is 0.251. The highest BCUT2D eigenvalue weighted by atomic mass is 35.5. The van der Waals surface area contributed by atoms with Gasteiger partial charge in [-0.05, 0) is 6.07 Å². The molecule has 0 aliphatic rings. The molecule has 0 aliphatic heterocycles. The van der Waals surface area contributed by atoms with Gasteiger partial charge in [0, 0.05) is 37.0 Å². The first-order chi connectivity index (χ1) is 9.88. The normalized spacial score (nSPS) is 10.4. The molecule has 1 amide bonds. The van der Waals surface area contributed by atoms with Crippen LogP contribution in [0.1, 0.15) is 15.9 Å². The van der Waals surface area contributed by atoms with Crippen LogP contribution in [0.15, 0.2) is 24.5 Å². The molecule has 1 aromatic heterocycles. The van der Waals surface area contributed by atoms with Crippen LogP contribution >= 0.6 is 23.2 Å². The van der Waals surface area contributed by atoms with Gasteiger partial charge in [-0.1, -0.05) is 23.2 Å². The lowest BCUT2D eigenvalue weighted by atomic mass is 10.2. The van der Waals surface area contributed by atoms with Crippen LogP contribution in [0.5, 0.6) is 0 Å². The van der Waals surface area contributed by atoms with Crippen molar-refractivity contribution >= 4 is 34.8 Å². The molecule has 2 rings (SSSR count). The zero-order chi connectivity index (χ0) is 15.6. The molecule has 0 atom stereocenters. The molecule has 9 heteroatoms. The standard InChI is InChI=1S/C12H10Cl2N4O3/c1-17-6-7(5-16-17)4-15-12(19)8-2-9(13)11(14)10(3-8)18(20)21/h2-3,5-6H,4H2,1H3,(H,15,19). The van der Waals surface area contributed by atoms with Gasteiger partial charge in [-0.15, -0.1) is 0 Å². The number of rotatable bonds is 4. The number of hydrogen-bond acceptors (Lipinski definition) is 4. The minimum Gasteiger partial charge on any atom is -0.348 e. The summed E-state index contributed by atoms with van der Waals surface area (Å²) in [6.07, 6.45) is 3.36. The van der Waals surface area contributed by atoms with Gasteiger partial charge in [0.1, 0.15) is 5.02 Å². The highest BCUT2D eigenvalue weighted by Gasteiger charge is 2.20. The van der Waals surface area contributed by atoms with E-state index in [1.165, 1.54) is 6.07 Å². The Labute approximate surface area is 129 Å². The van der Waals surface area contributed by atoms with E-state index in [4.69, 9.17) is 23.2 Å². The number of aryl methyl sites for hydroxylation is 1. The zero-order valence-corrected chi connectivity index (χ0v) is 12.4. The Morgan fingerprint density at radius 1 is 1.48 bits per heavy atom. The monoisotopic (exact) mass is 328 g/mol. The fourth-order valence-electron chi connectivity index (χ4n) is 1.69. The maximum Gasteiger partial charge on any atom is 0.290 e. The second-order valence-electron chi connectivity index (χ2n) is 4.25. The van der Waals surface area contributed by atoms with Gasteiger partial charge in [0.2, 0.25) is 0 Å². The molecule has 0 unspecified atom stereocenters. The second-order valence-corrected chi connectivity index (χ2v) is 5.04. The number of hydrogen-bond donors (Lipinski definition) is 1. The molecule has 0 bridgehead atoms. The van der Waals surface area contributed by atoms with E-state index in [0.29, 0.717) is 0 Å². The summed E-state index contributed by atoms with van der Waals surface area (Å²) in [5.74, 6) is -0.486. The van der Waals surface area contributed by atoms with Crippen LogP contribution in [-0.2, 0) is 13.6 Å². The number of amides is 1. The summed E-state index contributed by atoms with van der Waals surface area (Å²) in [5.41, 5.74) is 0.469. The number of carbonyl (C=O) groups is 1. The van der Waals surface area contributed by atoms with E-state index < -0.39 is 16.5 Å². The smallest absolute Gasteiger partial charge is 0.290 e. The molecule has 0 spiro atoms. The molecule has 0 fully saturated rings. The number of nitrogens with one attached hydrogen (secondary N) is 1. The lowest BCUT2D eigenvalue weighted by molar-refractivity contribution is -0.384. The summed E-state index contributed by atoms with van der Waals surface area (Å²) < 4.78 is 1.60. The summed E-state index contributed by atoms with van der Waals surface area (Å²) in [6, 6.07) is 2.38. The summed E-state index contributed by atoms with van der Waals surface area (Å²) >= 11 is 11.5. The number of aromatic nitrogens is 2. The number of nitrogens with zero attached hydrogens (tertiary/aromatic N) is 3. The van der Waals surface area contributed by atoms with Crippen molar-refractivity contribution in [1.82, 2.24) is 15.1 Å². The highest BCUT2D eigenvalue weighted by molar-refractivity contribution is 6.43. The quantitative estimate of drug-likeness (QED) is 0.689. The Morgan fingerprint density at radius 3 is 2.76 bits per heavy atom. The van der Waals surface area contributed by atoms with Gasteiger partial charge < -0.3 is 5.32 Å². The lowest BCUT2D eigenvalue weighted by Gasteiger charge is -2.05. The molecule has 21 heavy (non-hydrogen) atoms. The average Bonchev–Trinajstić information content (AvgIpc) is 2.84. The van der Waals surface area contributed by atoms with Crippen LogP contribution < -0.4 is 5.32 Å². The minimum absolute atomic E-state index is 0.0441. The van der Waals surface area contributed by atoms with Gasteiger partial charge in [-0.2, -0.15) is 5.10 Å². The van der Waals surface area contributed by atoms with E-state index in [2.05, 4.69) is 10.4 Å². The Bertz CT molecular complexity index is 715. The third kappa shape index (κ3) is 3.50. The molecule has 2 aromatic rings. The average molecular weight is 329 g/mol. The van der Waals surface area contributed by atoms with Crippen molar-refractivity contribution in [2.24, 2.45) is 7.05 Å². The minimum atomic E-state index is -0.688. The Kier molecular flexibility index (Phi) is 4.44. The molecule has 110 valence electrons. The molecular formula is C12H10Cl2N4O3. The predicted octanol–water partition coefficient (Wildman–Crippen LogP) is 2.57. The highest BCUT2D eigenvalue weighted by Crippen LogP contribution is 2.33. The fraction of sp³-hybridized carbons (Fsp3) is 0.167. The van der Waals surface area contributed by atoms with E-state index in [1.54, 1.807) is 24.1 Å². The summed E-state index contributed by atoms with van der Waals surface area (Å²) in [7, 11) is 1.76. The fourth-order valence-corrected chi connectivity index (χ4v) is 2.08. The maximum absolute atomic E-state index is 12.0. The second kappa shape index (κ2) is 6.11. The third-order valence-electron chi connectivity index (χ3n) is 2.68. The van der Waals surface area contributed by atoms with Crippen LogP contribution in [0.25, 0.3) is 0 Å². The number of halogens is 2. The topological polar surface area (TPSA) is 90.1 Å². The van der Waals surface area contributed by atoms with Gasteiger partial charge in [0.05, 0.1) is 16.1 Å². The van der Waals surface area contributed by atoms with Gasteiger partial charge >= 0.3 is 0 Å². The first-order valence-electron chi connectivity index (χ1n) is 5.77. The summed E-state index contributed by atoms with van der Waals surface area (Å²) in [5, 5.41) is 17.2. The third-order valence-corrected chi connectivity index (χ3v) is 3.47. The van der Waals surface area contributed by atoms with E-state index in [9.17, 15) is 14.9 Å². The Hall–Kier alpha value is -2.12. The molecule has 1 aromatic carbocycles. The number of benzene rings is 1. The van der Waals surface area contributed by atoms with E-state index in [-0.39, 0.29) is 22.2 Å². The van der Waals surface area contributed by atoms with Gasteiger partial charge in [-0.3, -0.25) is 19.6 Å². The molecular weight excluding hydrogens is 319 g/mol. The van der Waals surface area contributed by atoms with E-state index in [1.807, 2.05) is 0 Å². The molecule has 0 saturated heterocycles. The van der Waals surface area contributed by atoms with Crippen LogP contribution in [0, 0.1) is 10.1 Å². The molecule has 0 aliphatic carbocycles. The van der Waals surface area contributed by atoms with Crippen LogP contribution in [-0.4, -0.2) is 20.6 Å². The molecule has 1 heterocycles. The summed E-state index contributed by atoms with van der Waals surface area (Å²) in [4.78, 5) is 22.2. The zero-order valence-electron chi connectivity index (χ0n) is 10.8. The van der Waals surface area contributed by atoms with Crippen molar-refractivity contribution in [3.63, 3.8) is 0 Å². The van der Waals surface area contributed by atoms with Crippen molar-refractivity contribution in [1.29, 1.82) is 0 Å². The lowest BCUT2D eigenvalue weighted by Crippen LogP contribution is -2.22. The van der Waals surface area contributed by atoms with Crippen molar-refractivity contribution in [3.05, 3.63) is 55.8 Å². The number of carbonyl (C=O) groups excluding carboxylic acids is 1. The number of nitro benzene ring substituents is 1. The van der Waals surface area contributed by atoms with Crippen LogP contribution in [0.2, 0.25) is 10.0 Å². The molecule has 7 nitrogen and oxygen atoms in total. The van der Waals surface area contributed by atoms with Crippen LogP contribution in [0.4, 0.5) is 5.69 Å². The van der Waals surface area contributed by atoms with E-state index >= 15 is 0 Å². The van der Waals surface area contributed by atoms with Gasteiger partial charge in [-0.25, -0.2) is 0 Å². The predicted molar refractivity (Wildman–Crippen MR) is 77.5 cm³/mol. The van der Waals surface area contributed by atoms with Crippen molar-refractivity contribution in [2.45, 2.75) is 6.54 Å².